The van der Waals surface area contributed by atoms with Crippen molar-refractivity contribution >= 4 is 11.6 Å². The van der Waals surface area contributed by atoms with Crippen LogP contribution in [0.5, 0.6) is 0 Å². The second kappa shape index (κ2) is 8.26. The van der Waals surface area contributed by atoms with E-state index in [1.807, 2.05) is 0 Å². The molecule has 31 heavy (non-hydrogen) atoms. The van der Waals surface area contributed by atoms with Crippen molar-refractivity contribution in [2.24, 2.45) is 5.92 Å². The lowest BCUT2D eigenvalue weighted by Gasteiger charge is -2.46. The highest BCUT2D eigenvalue weighted by Gasteiger charge is 2.52. The second-order valence-corrected chi connectivity index (χ2v) is 8.93. The number of hydrogen-bond acceptors (Lipinski definition) is 3. The molecule has 2 aliphatic rings. The number of aliphatic hydroxyl groups is 1. The van der Waals surface area contributed by atoms with Gasteiger partial charge in [-0.05, 0) is 86.8 Å². The zero-order chi connectivity index (χ0) is 22.2. The van der Waals surface area contributed by atoms with Crippen LogP contribution < -0.4 is 5.32 Å². The zero-order valence-corrected chi connectivity index (χ0v) is 17.5. The molecule has 3 unspecified atom stereocenters. The number of amides is 1. The van der Waals surface area contributed by atoms with Crippen LogP contribution >= 0.6 is 0 Å². The second-order valence-electron chi connectivity index (χ2n) is 8.93. The number of hydrogen-bond donors (Lipinski definition) is 2. The number of benzene rings is 1. The van der Waals surface area contributed by atoms with Crippen molar-refractivity contribution in [2.45, 2.75) is 69.6 Å². The zero-order valence-electron chi connectivity index (χ0n) is 17.5. The highest BCUT2D eigenvalue weighted by molar-refractivity contribution is 6.04. The molecule has 3 atom stereocenters. The minimum Gasteiger partial charge on any atom is -0.393 e. The van der Waals surface area contributed by atoms with Crippen molar-refractivity contribution in [2.75, 3.05) is 5.32 Å². The fourth-order valence-corrected chi connectivity index (χ4v) is 5.51. The van der Waals surface area contributed by atoms with Crippen LogP contribution in [0.4, 0.5) is 18.9 Å². The summed E-state index contributed by atoms with van der Waals surface area (Å²) in [6.45, 7) is 1.80. The van der Waals surface area contributed by atoms with Crippen molar-refractivity contribution in [3.63, 3.8) is 0 Å². The summed E-state index contributed by atoms with van der Waals surface area (Å²) in [5, 5.41) is 13.0. The number of rotatable bonds is 3. The summed E-state index contributed by atoms with van der Waals surface area (Å²) in [6.07, 6.45) is -0.964. The Balaban J connectivity index is 1.70. The lowest BCUT2D eigenvalue weighted by atomic mass is 9.59. The van der Waals surface area contributed by atoms with Gasteiger partial charge in [0.2, 0.25) is 0 Å². The van der Waals surface area contributed by atoms with E-state index in [-0.39, 0.29) is 11.8 Å². The number of aliphatic hydroxyl groups excluding tert-OH is 1. The number of carbonyl (C=O) groups is 1. The van der Waals surface area contributed by atoms with E-state index < -0.39 is 24.1 Å². The van der Waals surface area contributed by atoms with E-state index in [9.17, 15) is 23.1 Å². The number of anilines is 1. The highest BCUT2D eigenvalue weighted by Crippen LogP contribution is 2.54. The Morgan fingerprint density at radius 2 is 2.10 bits per heavy atom. The number of fused-ring (bicyclic) bond motifs is 3. The molecule has 2 aliphatic carbocycles. The Morgan fingerprint density at radius 1 is 1.29 bits per heavy atom. The number of nitrogens with one attached hydrogen (secondary N) is 1. The average molecular weight is 432 g/mol. The molecule has 0 saturated heterocycles. The molecule has 0 bridgehead atoms. The fraction of sp³-hybridized carbons (Fsp3) is 0.500. The monoisotopic (exact) mass is 432 g/mol. The van der Waals surface area contributed by atoms with Crippen LogP contribution in [0.1, 0.15) is 65.7 Å². The summed E-state index contributed by atoms with van der Waals surface area (Å²) in [4.78, 5) is 17.0. The number of nitrogens with zero attached hydrogens (tertiary/aromatic N) is 1. The average Bonchev–Trinajstić information content (AvgIpc) is 2.85. The standard InChI is InChI=1S/C24H27F3N2O2/c1-15-21(6-3-11-28-15)29-22(31)17-7-8-20-16(12-17)4-2-5-18-13-19(30)9-10-23(18,20)14-24(25,26)27/h3,6-8,11-12,18-19,30H,2,4-5,9-10,13-14H2,1H3,(H,29,31). The normalized spacial score (nSPS) is 25.8. The summed E-state index contributed by atoms with van der Waals surface area (Å²) in [7, 11) is 0. The summed E-state index contributed by atoms with van der Waals surface area (Å²) < 4.78 is 41.1. The van der Waals surface area contributed by atoms with E-state index in [2.05, 4.69) is 10.3 Å². The molecule has 1 amide bonds. The van der Waals surface area contributed by atoms with Crippen LogP contribution in [-0.2, 0) is 11.8 Å². The molecule has 4 nitrogen and oxygen atoms in total. The van der Waals surface area contributed by atoms with Crippen molar-refractivity contribution < 1.29 is 23.1 Å². The Kier molecular flexibility index (Phi) is 5.81. The number of aryl methyl sites for hydroxylation is 2. The molecule has 0 radical (unpaired) electrons. The third-order valence-electron chi connectivity index (χ3n) is 6.94. The molecule has 1 aromatic carbocycles. The lowest BCUT2D eigenvalue weighted by Crippen LogP contribution is -2.45. The Labute approximate surface area is 179 Å². The van der Waals surface area contributed by atoms with Gasteiger partial charge in [-0.25, -0.2) is 0 Å². The third-order valence-corrected chi connectivity index (χ3v) is 6.94. The van der Waals surface area contributed by atoms with E-state index in [1.54, 1.807) is 43.5 Å². The predicted molar refractivity (Wildman–Crippen MR) is 112 cm³/mol. The van der Waals surface area contributed by atoms with Crippen LogP contribution in [-0.4, -0.2) is 28.3 Å². The molecule has 7 heteroatoms. The maximum absolute atomic E-state index is 13.7. The molecule has 1 heterocycles. The van der Waals surface area contributed by atoms with Gasteiger partial charge in [0.15, 0.2) is 0 Å². The largest absolute Gasteiger partial charge is 0.393 e. The molecule has 1 aromatic heterocycles. The Hall–Kier alpha value is -2.41. The van der Waals surface area contributed by atoms with Crippen LogP contribution in [0.15, 0.2) is 36.5 Å². The van der Waals surface area contributed by atoms with Crippen LogP contribution in [0, 0.1) is 12.8 Å². The Morgan fingerprint density at radius 3 is 2.84 bits per heavy atom. The van der Waals surface area contributed by atoms with Crippen LogP contribution in [0.25, 0.3) is 0 Å². The van der Waals surface area contributed by atoms with E-state index in [0.29, 0.717) is 54.6 Å². The van der Waals surface area contributed by atoms with Crippen LogP contribution in [0.2, 0.25) is 0 Å². The number of halogens is 3. The lowest BCUT2D eigenvalue weighted by molar-refractivity contribution is -0.160. The van der Waals surface area contributed by atoms with Crippen molar-refractivity contribution in [3.05, 3.63) is 58.9 Å². The van der Waals surface area contributed by atoms with Crippen LogP contribution in [0.3, 0.4) is 0 Å². The van der Waals surface area contributed by atoms with E-state index in [4.69, 9.17) is 0 Å². The minimum atomic E-state index is -4.30. The van der Waals surface area contributed by atoms with Gasteiger partial charge in [0, 0.05) is 17.2 Å². The van der Waals surface area contributed by atoms with Crippen molar-refractivity contribution in [3.8, 4) is 0 Å². The highest BCUT2D eigenvalue weighted by atomic mass is 19.4. The topological polar surface area (TPSA) is 62.2 Å². The summed E-state index contributed by atoms with van der Waals surface area (Å²) in [5.74, 6) is -0.513. The smallest absolute Gasteiger partial charge is 0.389 e. The maximum atomic E-state index is 13.7. The van der Waals surface area contributed by atoms with Gasteiger partial charge in [-0.3, -0.25) is 9.78 Å². The molecule has 2 N–H and O–H groups in total. The van der Waals surface area contributed by atoms with Gasteiger partial charge in [0.1, 0.15) is 0 Å². The van der Waals surface area contributed by atoms with E-state index in [0.717, 1.165) is 12.0 Å². The number of pyridine rings is 1. The first-order valence-corrected chi connectivity index (χ1v) is 10.8. The molecular formula is C24H27F3N2O2. The van der Waals surface area contributed by atoms with E-state index >= 15 is 0 Å². The first-order chi connectivity index (χ1) is 14.7. The van der Waals surface area contributed by atoms with Crippen molar-refractivity contribution in [1.29, 1.82) is 0 Å². The fourth-order valence-electron chi connectivity index (χ4n) is 5.51. The SMILES string of the molecule is Cc1ncccc1NC(=O)c1ccc2c(c1)CCCC1CC(O)CCC21CC(F)(F)F. The van der Waals surface area contributed by atoms with Gasteiger partial charge in [-0.15, -0.1) is 0 Å². The van der Waals surface area contributed by atoms with Gasteiger partial charge in [-0.2, -0.15) is 13.2 Å². The van der Waals surface area contributed by atoms with Gasteiger partial charge in [0.25, 0.3) is 5.91 Å². The number of carbonyl (C=O) groups excluding carboxylic acids is 1. The molecule has 1 fully saturated rings. The summed E-state index contributed by atoms with van der Waals surface area (Å²) >= 11 is 0. The predicted octanol–water partition coefficient (Wildman–Crippen LogP) is 5.33. The molecular weight excluding hydrogens is 405 g/mol. The van der Waals surface area contributed by atoms with Gasteiger partial charge in [0.05, 0.1) is 23.9 Å². The minimum absolute atomic E-state index is 0.211. The molecule has 166 valence electrons. The Bertz CT molecular complexity index is 976. The molecule has 0 spiro atoms. The van der Waals surface area contributed by atoms with E-state index in [1.165, 1.54) is 0 Å². The van der Waals surface area contributed by atoms with Crippen molar-refractivity contribution in [1.82, 2.24) is 4.98 Å². The summed E-state index contributed by atoms with van der Waals surface area (Å²) in [6, 6.07) is 8.60. The quantitative estimate of drug-likeness (QED) is 0.689. The van der Waals surface area contributed by atoms with Gasteiger partial charge >= 0.3 is 6.18 Å². The molecule has 4 rings (SSSR count). The first kappa shape index (κ1) is 21.8. The maximum Gasteiger partial charge on any atom is 0.389 e. The number of aromatic nitrogens is 1. The number of alkyl halides is 3. The summed E-state index contributed by atoms with van der Waals surface area (Å²) in [5.41, 5.74) is 2.22. The van der Waals surface area contributed by atoms with Gasteiger partial charge < -0.3 is 10.4 Å². The third kappa shape index (κ3) is 4.47. The molecule has 0 aliphatic heterocycles. The first-order valence-electron chi connectivity index (χ1n) is 10.8. The van der Waals surface area contributed by atoms with Gasteiger partial charge in [-0.1, -0.05) is 6.07 Å². The molecule has 1 saturated carbocycles. The molecule has 2 aromatic rings.